The maximum Gasteiger partial charge on any atom is 0.207 e. The van der Waals surface area contributed by atoms with Crippen molar-refractivity contribution in [1.29, 1.82) is 5.26 Å². The Labute approximate surface area is 131 Å². The summed E-state index contributed by atoms with van der Waals surface area (Å²) in [7, 11) is 0. The number of nitrogens with zero attached hydrogens (tertiary/aromatic N) is 5. The molecule has 0 bridgehead atoms. The Bertz CT molecular complexity index is 717. The summed E-state index contributed by atoms with van der Waals surface area (Å²) in [6.45, 7) is 8.29. The number of aromatic nitrogens is 3. The van der Waals surface area contributed by atoms with Crippen LogP contribution in [0.1, 0.15) is 36.6 Å². The van der Waals surface area contributed by atoms with Gasteiger partial charge in [-0.15, -0.1) is 15.0 Å². The Balaban J connectivity index is 1.98. The molecule has 1 aromatic heterocycles. The van der Waals surface area contributed by atoms with Crippen LogP contribution in [-0.4, -0.2) is 28.1 Å². The molecule has 114 valence electrons. The summed E-state index contributed by atoms with van der Waals surface area (Å²) in [5, 5.41) is 18.4. The van der Waals surface area contributed by atoms with Crippen LogP contribution in [0.5, 0.6) is 0 Å². The largest absolute Gasteiger partial charge is 0.353 e. The zero-order valence-electron chi connectivity index (χ0n) is 13.4. The number of hydrogen-bond acceptors (Lipinski definition) is 4. The quantitative estimate of drug-likeness (QED) is 0.854. The van der Waals surface area contributed by atoms with E-state index in [4.69, 9.17) is 0 Å². The van der Waals surface area contributed by atoms with Gasteiger partial charge in [-0.2, -0.15) is 5.26 Å². The zero-order chi connectivity index (χ0) is 15.7. The number of anilines is 1. The molecule has 2 heterocycles. The van der Waals surface area contributed by atoms with E-state index < -0.39 is 0 Å². The molecule has 0 radical (unpaired) electrons. The minimum atomic E-state index is 0.412. The molecular formula is C17H21N5. The van der Waals surface area contributed by atoms with Crippen molar-refractivity contribution in [1.82, 2.24) is 15.0 Å². The average Bonchev–Trinajstić information content (AvgIpc) is 2.95. The second kappa shape index (κ2) is 5.80. The molecule has 1 aromatic carbocycles. The first-order valence-corrected chi connectivity index (χ1v) is 7.79. The third kappa shape index (κ3) is 2.57. The monoisotopic (exact) mass is 295 g/mol. The molecule has 1 aliphatic rings. The molecule has 5 heteroatoms. The molecule has 0 amide bonds. The SMILES string of the molecule is Cc1cccc(-n2nc(C#N)c(N3CCC(C)CC3)n2)c1C. The highest BCUT2D eigenvalue weighted by atomic mass is 15.5. The van der Waals surface area contributed by atoms with E-state index in [-0.39, 0.29) is 0 Å². The van der Waals surface area contributed by atoms with Crippen molar-refractivity contribution in [3.63, 3.8) is 0 Å². The standard InChI is InChI=1S/C17H21N5/c1-12-7-9-21(10-8-12)17-15(11-18)19-22(20-17)16-6-4-5-13(2)14(16)3/h4-6,12H,7-10H2,1-3H3. The fourth-order valence-corrected chi connectivity index (χ4v) is 2.86. The summed E-state index contributed by atoms with van der Waals surface area (Å²) in [5.41, 5.74) is 3.69. The summed E-state index contributed by atoms with van der Waals surface area (Å²) in [6.07, 6.45) is 2.28. The number of aryl methyl sites for hydroxylation is 1. The number of hydrogen-bond donors (Lipinski definition) is 0. The first-order valence-electron chi connectivity index (χ1n) is 7.79. The van der Waals surface area contributed by atoms with E-state index in [0.717, 1.165) is 48.9 Å². The molecule has 2 aromatic rings. The van der Waals surface area contributed by atoms with Gasteiger partial charge in [-0.1, -0.05) is 19.1 Å². The molecule has 0 aliphatic carbocycles. The van der Waals surface area contributed by atoms with Gasteiger partial charge >= 0.3 is 0 Å². The van der Waals surface area contributed by atoms with Crippen molar-refractivity contribution in [3.8, 4) is 11.8 Å². The van der Waals surface area contributed by atoms with Gasteiger partial charge in [-0.25, -0.2) is 0 Å². The Hall–Kier alpha value is -2.35. The van der Waals surface area contributed by atoms with Crippen LogP contribution in [0.25, 0.3) is 5.69 Å². The summed E-state index contributed by atoms with van der Waals surface area (Å²) in [6, 6.07) is 8.25. The zero-order valence-corrected chi connectivity index (χ0v) is 13.4. The Morgan fingerprint density at radius 2 is 1.91 bits per heavy atom. The second-order valence-corrected chi connectivity index (χ2v) is 6.16. The van der Waals surface area contributed by atoms with Gasteiger partial charge in [0.1, 0.15) is 6.07 Å². The molecule has 1 fully saturated rings. The normalized spacial score (nSPS) is 15.8. The van der Waals surface area contributed by atoms with Crippen LogP contribution in [0.2, 0.25) is 0 Å². The van der Waals surface area contributed by atoms with Gasteiger partial charge in [0.05, 0.1) is 5.69 Å². The van der Waals surface area contributed by atoms with Gasteiger partial charge in [0.25, 0.3) is 0 Å². The molecule has 5 nitrogen and oxygen atoms in total. The Morgan fingerprint density at radius 1 is 1.18 bits per heavy atom. The summed E-state index contributed by atoms with van der Waals surface area (Å²) >= 11 is 0. The van der Waals surface area contributed by atoms with Crippen molar-refractivity contribution in [3.05, 3.63) is 35.0 Å². The first kappa shape index (κ1) is 14.6. The van der Waals surface area contributed by atoms with E-state index in [2.05, 4.69) is 48.0 Å². The minimum Gasteiger partial charge on any atom is -0.353 e. The van der Waals surface area contributed by atoms with Gasteiger partial charge in [-0.05, 0) is 49.8 Å². The number of nitriles is 1. The minimum absolute atomic E-state index is 0.412. The van der Waals surface area contributed by atoms with Crippen molar-refractivity contribution < 1.29 is 0 Å². The molecule has 1 saturated heterocycles. The van der Waals surface area contributed by atoms with Gasteiger partial charge < -0.3 is 4.90 Å². The Morgan fingerprint density at radius 3 is 2.59 bits per heavy atom. The fraction of sp³-hybridized carbons (Fsp3) is 0.471. The third-order valence-corrected chi connectivity index (χ3v) is 4.58. The van der Waals surface area contributed by atoms with Crippen LogP contribution in [0.3, 0.4) is 0 Å². The van der Waals surface area contributed by atoms with Crippen molar-refractivity contribution >= 4 is 5.82 Å². The molecule has 0 N–H and O–H groups in total. The molecule has 22 heavy (non-hydrogen) atoms. The maximum absolute atomic E-state index is 9.39. The first-order chi connectivity index (χ1) is 10.6. The molecule has 0 unspecified atom stereocenters. The van der Waals surface area contributed by atoms with Gasteiger partial charge in [0.2, 0.25) is 5.69 Å². The predicted octanol–water partition coefficient (Wildman–Crippen LogP) is 2.99. The highest BCUT2D eigenvalue weighted by Gasteiger charge is 2.23. The van der Waals surface area contributed by atoms with Gasteiger partial charge in [-0.3, -0.25) is 0 Å². The molecule has 0 atom stereocenters. The Kier molecular flexibility index (Phi) is 3.84. The lowest BCUT2D eigenvalue weighted by Crippen LogP contribution is -2.33. The van der Waals surface area contributed by atoms with Crippen LogP contribution < -0.4 is 4.90 Å². The average molecular weight is 295 g/mol. The maximum atomic E-state index is 9.39. The van der Waals surface area contributed by atoms with Crippen molar-refractivity contribution in [2.75, 3.05) is 18.0 Å². The molecule has 1 aliphatic heterocycles. The fourth-order valence-electron chi connectivity index (χ4n) is 2.86. The van der Waals surface area contributed by atoms with Crippen LogP contribution in [0.15, 0.2) is 18.2 Å². The molecule has 3 rings (SSSR count). The predicted molar refractivity (Wildman–Crippen MR) is 86.2 cm³/mol. The van der Waals surface area contributed by atoms with E-state index in [1.54, 1.807) is 4.80 Å². The van der Waals surface area contributed by atoms with Gasteiger partial charge in [0, 0.05) is 13.1 Å². The second-order valence-electron chi connectivity index (χ2n) is 6.16. The molecule has 0 spiro atoms. The smallest absolute Gasteiger partial charge is 0.207 e. The molecule has 0 saturated carbocycles. The summed E-state index contributed by atoms with van der Waals surface area (Å²) < 4.78 is 0. The van der Waals surface area contributed by atoms with E-state index in [0.29, 0.717) is 5.69 Å². The summed E-state index contributed by atoms with van der Waals surface area (Å²) in [4.78, 5) is 3.79. The number of rotatable bonds is 2. The van der Waals surface area contributed by atoms with Crippen LogP contribution in [0, 0.1) is 31.1 Å². The van der Waals surface area contributed by atoms with Gasteiger partial charge in [0.15, 0.2) is 5.82 Å². The highest BCUT2D eigenvalue weighted by molar-refractivity contribution is 5.52. The third-order valence-electron chi connectivity index (χ3n) is 4.58. The van der Waals surface area contributed by atoms with E-state index >= 15 is 0 Å². The van der Waals surface area contributed by atoms with Crippen molar-refractivity contribution in [2.45, 2.75) is 33.6 Å². The molecular weight excluding hydrogens is 274 g/mol. The number of benzene rings is 1. The van der Waals surface area contributed by atoms with Crippen LogP contribution >= 0.6 is 0 Å². The van der Waals surface area contributed by atoms with E-state index in [1.165, 1.54) is 5.56 Å². The highest BCUT2D eigenvalue weighted by Crippen LogP contribution is 2.25. The van der Waals surface area contributed by atoms with E-state index in [9.17, 15) is 5.26 Å². The van der Waals surface area contributed by atoms with E-state index in [1.807, 2.05) is 12.1 Å². The van der Waals surface area contributed by atoms with Crippen LogP contribution in [-0.2, 0) is 0 Å². The lowest BCUT2D eigenvalue weighted by molar-refractivity contribution is 0.436. The lowest BCUT2D eigenvalue weighted by atomic mass is 9.99. The lowest BCUT2D eigenvalue weighted by Gasteiger charge is -2.30. The number of piperidine rings is 1. The topological polar surface area (TPSA) is 57.7 Å². The van der Waals surface area contributed by atoms with Crippen LogP contribution in [0.4, 0.5) is 5.82 Å². The van der Waals surface area contributed by atoms with Crippen molar-refractivity contribution in [2.24, 2.45) is 5.92 Å². The summed E-state index contributed by atoms with van der Waals surface area (Å²) in [5.74, 6) is 1.46.